The average molecular weight is 562 g/mol. The molecule has 198 valence electrons. The highest BCUT2D eigenvalue weighted by atomic mass is 32.2. The van der Waals surface area contributed by atoms with Gasteiger partial charge in [-0.25, -0.2) is 4.39 Å². The lowest BCUT2D eigenvalue weighted by atomic mass is 9.69. The summed E-state index contributed by atoms with van der Waals surface area (Å²) in [5.41, 5.74) is 1.24. The molecule has 1 amide bonds. The molecule has 0 radical (unpaired) electrons. The van der Waals surface area contributed by atoms with Crippen LogP contribution in [0.2, 0.25) is 0 Å². The predicted molar refractivity (Wildman–Crippen MR) is 137 cm³/mol. The molecule has 2 heterocycles. The van der Waals surface area contributed by atoms with Crippen molar-refractivity contribution in [3.63, 3.8) is 0 Å². The van der Waals surface area contributed by atoms with Gasteiger partial charge in [-0.05, 0) is 41.2 Å². The van der Waals surface area contributed by atoms with E-state index >= 15 is 0 Å². The standard InChI is InChI=1S/C27H23F4N3O2S2/c1-26(2)12-20-23(21(35)13-26)19(16-6-8-18(28)9-7-16)11-22(36)34(20)24-32-33-25(38-24)37-14-15-4-3-5-17(10-15)27(29,30)31/h3-10,19H,11-14H2,1-2H3/t19-/m1/s1. The highest BCUT2D eigenvalue weighted by Gasteiger charge is 2.45. The van der Waals surface area contributed by atoms with Crippen LogP contribution in [0.1, 0.15) is 55.7 Å². The molecule has 0 spiro atoms. The molecule has 0 saturated carbocycles. The van der Waals surface area contributed by atoms with Crippen molar-refractivity contribution in [2.45, 2.75) is 55.3 Å². The van der Waals surface area contributed by atoms with Crippen LogP contribution in [-0.2, 0) is 21.5 Å². The number of hydrogen-bond acceptors (Lipinski definition) is 6. The number of Topliss-reactive ketones (excluding diaryl/α,β-unsaturated/α-hetero) is 1. The van der Waals surface area contributed by atoms with E-state index in [1.807, 2.05) is 13.8 Å². The first-order valence-electron chi connectivity index (χ1n) is 11.9. The molecule has 0 N–H and O–H groups in total. The first-order valence-corrected chi connectivity index (χ1v) is 13.7. The van der Waals surface area contributed by atoms with Gasteiger partial charge in [0, 0.05) is 35.8 Å². The smallest absolute Gasteiger partial charge is 0.294 e. The molecule has 0 bridgehead atoms. The molecule has 2 aromatic carbocycles. The average Bonchev–Trinajstić information content (AvgIpc) is 3.30. The van der Waals surface area contributed by atoms with Crippen LogP contribution < -0.4 is 4.90 Å². The summed E-state index contributed by atoms with van der Waals surface area (Å²) in [6.07, 6.45) is -3.58. The Morgan fingerprint density at radius 2 is 1.82 bits per heavy atom. The Labute approximate surface area is 225 Å². The Kier molecular flexibility index (Phi) is 6.93. The Morgan fingerprint density at radius 1 is 1.08 bits per heavy atom. The lowest BCUT2D eigenvalue weighted by Gasteiger charge is -2.41. The first kappa shape index (κ1) is 26.6. The van der Waals surface area contributed by atoms with Crippen molar-refractivity contribution < 1.29 is 27.2 Å². The van der Waals surface area contributed by atoms with E-state index in [9.17, 15) is 27.2 Å². The van der Waals surface area contributed by atoms with Crippen LogP contribution in [0, 0.1) is 11.2 Å². The molecule has 0 fully saturated rings. The van der Waals surface area contributed by atoms with Crippen molar-refractivity contribution in [2.24, 2.45) is 5.41 Å². The minimum Gasteiger partial charge on any atom is -0.294 e. The molecule has 38 heavy (non-hydrogen) atoms. The largest absolute Gasteiger partial charge is 0.416 e. The molecule has 0 saturated heterocycles. The van der Waals surface area contributed by atoms with Gasteiger partial charge in [0.25, 0.3) is 0 Å². The number of amides is 1. The van der Waals surface area contributed by atoms with Gasteiger partial charge in [-0.15, -0.1) is 10.2 Å². The zero-order valence-electron chi connectivity index (χ0n) is 20.5. The van der Waals surface area contributed by atoms with Crippen LogP contribution in [0.4, 0.5) is 22.7 Å². The summed E-state index contributed by atoms with van der Waals surface area (Å²) < 4.78 is 53.2. The third-order valence-corrected chi connectivity index (χ3v) is 8.73. The van der Waals surface area contributed by atoms with E-state index in [0.29, 0.717) is 44.7 Å². The topological polar surface area (TPSA) is 63.2 Å². The fraction of sp³-hybridized carbons (Fsp3) is 0.333. The Bertz CT molecular complexity index is 1430. The van der Waals surface area contributed by atoms with Crippen LogP contribution in [0.25, 0.3) is 0 Å². The number of ketones is 1. The minimum absolute atomic E-state index is 0.0307. The summed E-state index contributed by atoms with van der Waals surface area (Å²) in [5.74, 6) is -0.910. The summed E-state index contributed by atoms with van der Waals surface area (Å²) in [4.78, 5) is 28.3. The van der Waals surface area contributed by atoms with Crippen molar-refractivity contribution >= 4 is 39.9 Å². The number of carbonyl (C=O) groups is 2. The SMILES string of the molecule is CC1(C)CC(=O)C2=C(C1)N(c1nnc(SCc3cccc(C(F)(F)F)c3)s1)C(=O)C[C@@H]2c1ccc(F)cc1. The number of aromatic nitrogens is 2. The molecule has 1 atom stereocenters. The summed E-state index contributed by atoms with van der Waals surface area (Å²) in [6.45, 7) is 3.94. The second-order valence-electron chi connectivity index (χ2n) is 10.2. The molecule has 0 unspecified atom stereocenters. The van der Waals surface area contributed by atoms with E-state index in [0.717, 1.165) is 23.5 Å². The number of halogens is 4. The van der Waals surface area contributed by atoms with E-state index in [1.165, 1.54) is 34.9 Å². The van der Waals surface area contributed by atoms with Crippen molar-refractivity contribution in [1.82, 2.24) is 10.2 Å². The summed E-state index contributed by atoms with van der Waals surface area (Å²) in [5, 5.41) is 8.69. The zero-order chi connectivity index (χ0) is 27.2. The molecule has 3 aromatic rings. The second-order valence-corrected chi connectivity index (χ2v) is 12.4. The quantitative estimate of drug-likeness (QED) is 0.188. The normalized spacial score (nSPS) is 19.6. The molecule has 1 aliphatic carbocycles. The van der Waals surface area contributed by atoms with Gasteiger partial charge in [0.2, 0.25) is 11.0 Å². The summed E-state index contributed by atoms with van der Waals surface area (Å²) >= 11 is 2.39. The molecule has 1 aliphatic heterocycles. The maximum Gasteiger partial charge on any atom is 0.416 e. The summed E-state index contributed by atoms with van der Waals surface area (Å²) in [7, 11) is 0. The highest BCUT2D eigenvalue weighted by Crippen LogP contribution is 2.49. The van der Waals surface area contributed by atoms with Crippen molar-refractivity contribution in [1.29, 1.82) is 0 Å². The first-order chi connectivity index (χ1) is 17.9. The number of anilines is 1. The molecule has 11 heteroatoms. The third kappa shape index (κ3) is 5.40. The number of nitrogens with zero attached hydrogens (tertiary/aromatic N) is 3. The maximum atomic E-state index is 13.6. The van der Waals surface area contributed by atoms with Gasteiger partial charge in [0.05, 0.1) is 5.56 Å². The van der Waals surface area contributed by atoms with E-state index in [4.69, 9.17) is 0 Å². The number of alkyl halides is 3. The van der Waals surface area contributed by atoms with Crippen molar-refractivity contribution in [3.8, 4) is 0 Å². The molecule has 2 aliphatic rings. The lowest BCUT2D eigenvalue weighted by Crippen LogP contribution is -2.43. The molecular formula is C27H23F4N3O2S2. The van der Waals surface area contributed by atoms with Crippen LogP contribution in [0.5, 0.6) is 0 Å². The number of hydrogen-bond donors (Lipinski definition) is 0. The zero-order valence-corrected chi connectivity index (χ0v) is 22.1. The van der Waals surface area contributed by atoms with Crippen LogP contribution >= 0.6 is 23.1 Å². The fourth-order valence-corrected chi connectivity index (χ4v) is 6.78. The van der Waals surface area contributed by atoms with Crippen LogP contribution in [0.3, 0.4) is 0 Å². The Morgan fingerprint density at radius 3 is 2.53 bits per heavy atom. The monoisotopic (exact) mass is 561 g/mol. The maximum absolute atomic E-state index is 13.6. The lowest BCUT2D eigenvalue weighted by molar-refractivity contribution is -0.137. The van der Waals surface area contributed by atoms with Crippen molar-refractivity contribution in [2.75, 3.05) is 4.90 Å². The van der Waals surface area contributed by atoms with Gasteiger partial charge >= 0.3 is 6.18 Å². The number of benzene rings is 2. The number of carbonyl (C=O) groups excluding carboxylic acids is 2. The minimum atomic E-state index is -4.42. The van der Waals surface area contributed by atoms with E-state index < -0.39 is 23.5 Å². The molecule has 5 rings (SSSR count). The molecular weight excluding hydrogens is 538 g/mol. The van der Waals surface area contributed by atoms with E-state index in [-0.39, 0.29) is 29.3 Å². The second kappa shape index (κ2) is 9.92. The van der Waals surface area contributed by atoms with E-state index in [2.05, 4.69) is 10.2 Å². The van der Waals surface area contributed by atoms with Gasteiger partial charge in [0.1, 0.15) is 5.82 Å². The number of thioether (sulfide) groups is 1. The molecule has 5 nitrogen and oxygen atoms in total. The van der Waals surface area contributed by atoms with E-state index in [1.54, 1.807) is 18.2 Å². The van der Waals surface area contributed by atoms with Gasteiger partial charge in [-0.3, -0.25) is 14.5 Å². The van der Waals surface area contributed by atoms with Crippen LogP contribution in [-0.4, -0.2) is 21.9 Å². The summed E-state index contributed by atoms with van der Waals surface area (Å²) in [6, 6.07) is 11.0. The third-order valence-electron chi connectivity index (χ3n) is 6.62. The van der Waals surface area contributed by atoms with Gasteiger partial charge in [-0.2, -0.15) is 13.2 Å². The highest BCUT2D eigenvalue weighted by molar-refractivity contribution is 8.00. The molecule has 1 aromatic heterocycles. The number of allylic oxidation sites excluding steroid dienone is 2. The Hall–Kier alpha value is -3.05. The fourth-order valence-electron chi connectivity index (χ4n) is 4.95. The van der Waals surface area contributed by atoms with Crippen LogP contribution in [0.15, 0.2) is 64.1 Å². The Balaban J connectivity index is 1.44. The van der Waals surface area contributed by atoms with Gasteiger partial charge < -0.3 is 0 Å². The predicted octanol–water partition coefficient (Wildman–Crippen LogP) is 7.15. The van der Waals surface area contributed by atoms with Crippen molar-refractivity contribution in [3.05, 3.63) is 82.3 Å². The number of rotatable bonds is 5. The van der Waals surface area contributed by atoms with Gasteiger partial charge in [-0.1, -0.05) is 67.3 Å². The van der Waals surface area contributed by atoms with Gasteiger partial charge in [0.15, 0.2) is 10.1 Å².